The summed E-state index contributed by atoms with van der Waals surface area (Å²) in [5.41, 5.74) is 2.41. The van der Waals surface area contributed by atoms with Gasteiger partial charge in [-0.2, -0.15) is 0 Å². The molecular weight excluding hydrogens is 240 g/mol. The van der Waals surface area contributed by atoms with E-state index in [0.717, 1.165) is 11.3 Å². The standard InChI is InChI=1S/C15H18N2O2/c1-10(2)14-16-13(15(18)19-14)9-11-5-7-12(8-6-11)17(3)4/h5-10H,1-4H3/b13-9+. The predicted octanol–water partition coefficient (Wildman–Crippen LogP) is 2.70. The Morgan fingerprint density at radius 3 is 2.32 bits per heavy atom. The zero-order valence-corrected chi connectivity index (χ0v) is 11.7. The number of anilines is 1. The van der Waals surface area contributed by atoms with E-state index in [1.165, 1.54) is 0 Å². The van der Waals surface area contributed by atoms with Crippen molar-refractivity contribution in [3.63, 3.8) is 0 Å². The van der Waals surface area contributed by atoms with Crippen LogP contribution in [0.2, 0.25) is 0 Å². The van der Waals surface area contributed by atoms with E-state index in [0.29, 0.717) is 11.6 Å². The van der Waals surface area contributed by atoms with Gasteiger partial charge >= 0.3 is 5.97 Å². The van der Waals surface area contributed by atoms with Crippen LogP contribution >= 0.6 is 0 Å². The maximum absolute atomic E-state index is 11.7. The summed E-state index contributed by atoms with van der Waals surface area (Å²) in [4.78, 5) is 17.9. The van der Waals surface area contributed by atoms with Gasteiger partial charge in [-0.15, -0.1) is 0 Å². The summed E-state index contributed by atoms with van der Waals surface area (Å²) in [6, 6.07) is 7.91. The number of rotatable bonds is 3. The Morgan fingerprint density at radius 2 is 1.84 bits per heavy atom. The molecule has 0 spiro atoms. The molecule has 0 unspecified atom stereocenters. The third kappa shape index (κ3) is 3.02. The smallest absolute Gasteiger partial charge is 0.363 e. The van der Waals surface area contributed by atoms with Gasteiger partial charge in [-0.3, -0.25) is 0 Å². The van der Waals surface area contributed by atoms with Crippen molar-refractivity contribution in [2.24, 2.45) is 10.9 Å². The highest BCUT2D eigenvalue weighted by Gasteiger charge is 2.24. The van der Waals surface area contributed by atoms with Crippen molar-refractivity contribution in [2.75, 3.05) is 19.0 Å². The first-order chi connectivity index (χ1) is 8.97. The van der Waals surface area contributed by atoms with Crippen molar-refractivity contribution < 1.29 is 9.53 Å². The van der Waals surface area contributed by atoms with Crippen molar-refractivity contribution in [2.45, 2.75) is 13.8 Å². The highest BCUT2D eigenvalue weighted by atomic mass is 16.6. The molecule has 0 bridgehead atoms. The number of hydrogen-bond acceptors (Lipinski definition) is 4. The Hall–Kier alpha value is -2.10. The third-order valence-electron chi connectivity index (χ3n) is 2.84. The predicted molar refractivity (Wildman–Crippen MR) is 77.1 cm³/mol. The van der Waals surface area contributed by atoms with E-state index in [1.807, 2.05) is 57.1 Å². The summed E-state index contributed by atoms with van der Waals surface area (Å²) in [5.74, 6) is 0.229. The maximum Gasteiger partial charge on any atom is 0.363 e. The fourth-order valence-corrected chi connectivity index (χ4v) is 1.70. The molecule has 1 heterocycles. The molecule has 0 atom stereocenters. The average Bonchev–Trinajstić information content (AvgIpc) is 2.72. The number of carbonyl (C=O) groups is 1. The first-order valence-corrected chi connectivity index (χ1v) is 6.27. The fourth-order valence-electron chi connectivity index (χ4n) is 1.70. The van der Waals surface area contributed by atoms with Crippen LogP contribution in [0.3, 0.4) is 0 Å². The number of carbonyl (C=O) groups excluding carboxylic acids is 1. The van der Waals surface area contributed by atoms with Gasteiger partial charge in [0.15, 0.2) is 5.70 Å². The Kier molecular flexibility index (Phi) is 3.69. The van der Waals surface area contributed by atoms with Crippen LogP contribution < -0.4 is 4.90 Å². The van der Waals surface area contributed by atoms with Crippen LogP contribution in [-0.4, -0.2) is 26.0 Å². The largest absolute Gasteiger partial charge is 0.407 e. The van der Waals surface area contributed by atoms with Gasteiger partial charge in [0.1, 0.15) is 0 Å². The van der Waals surface area contributed by atoms with Gasteiger partial charge in [-0.05, 0) is 23.8 Å². The quantitative estimate of drug-likeness (QED) is 0.618. The zero-order chi connectivity index (χ0) is 14.0. The summed E-state index contributed by atoms with van der Waals surface area (Å²) in [7, 11) is 3.97. The molecule has 0 amide bonds. The Balaban J connectivity index is 2.24. The van der Waals surface area contributed by atoms with Gasteiger partial charge in [0.2, 0.25) is 5.90 Å². The lowest BCUT2D eigenvalue weighted by Gasteiger charge is -2.11. The van der Waals surface area contributed by atoms with Gasteiger partial charge in [-0.25, -0.2) is 9.79 Å². The fraction of sp³-hybridized carbons (Fsp3) is 0.333. The minimum absolute atomic E-state index is 0.117. The Morgan fingerprint density at radius 1 is 1.21 bits per heavy atom. The second kappa shape index (κ2) is 5.26. The van der Waals surface area contributed by atoms with Crippen molar-refractivity contribution >= 4 is 23.6 Å². The Labute approximate surface area is 113 Å². The molecule has 1 aliphatic rings. The van der Waals surface area contributed by atoms with Gasteiger partial charge < -0.3 is 9.64 Å². The van der Waals surface area contributed by atoms with Crippen LogP contribution in [0, 0.1) is 5.92 Å². The molecule has 2 rings (SSSR count). The first-order valence-electron chi connectivity index (χ1n) is 6.27. The maximum atomic E-state index is 11.7. The first kappa shape index (κ1) is 13.3. The summed E-state index contributed by atoms with van der Waals surface area (Å²) >= 11 is 0. The number of hydrogen-bond donors (Lipinski definition) is 0. The second-order valence-corrected chi connectivity index (χ2v) is 5.01. The summed E-state index contributed by atoms with van der Waals surface area (Å²) in [5, 5.41) is 0. The topological polar surface area (TPSA) is 41.9 Å². The van der Waals surface area contributed by atoms with E-state index in [9.17, 15) is 4.79 Å². The van der Waals surface area contributed by atoms with E-state index in [1.54, 1.807) is 6.08 Å². The molecule has 0 fully saturated rings. The molecule has 0 aliphatic carbocycles. The van der Waals surface area contributed by atoms with Gasteiger partial charge in [0.05, 0.1) is 0 Å². The molecule has 0 aromatic heterocycles. The zero-order valence-electron chi connectivity index (χ0n) is 11.7. The molecule has 0 saturated heterocycles. The summed E-state index contributed by atoms with van der Waals surface area (Å²) < 4.78 is 5.10. The van der Waals surface area contributed by atoms with Crippen molar-refractivity contribution in [3.8, 4) is 0 Å². The molecule has 0 saturated carbocycles. The molecule has 0 N–H and O–H groups in total. The molecule has 1 aromatic rings. The lowest BCUT2D eigenvalue weighted by Crippen LogP contribution is -2.09. The molecule has 19 heavy (non-hydrogen) atoms. The number of cyclic esters (lactones) is 1. The molecule has 4 nitrogen and oxygen atoms in total. The Bertz CT molecular complexity index is 540. The van der Waals surface area contributed by atoms with Crippen LogP contribution in [0.1, 0.15) is 19.4 Å². The minimum atomic E-state index is -0.375. The summed E-state index contributed by atoms with van der Waals surface area (Å²) in [6.45, 7) is 3.89. The number of aliphatic imine (C=N–C) groups is 1. The van der Waals surface area contributed by atoms with Crippen LogP contribution in [0.4, 0.5) is 5.69 Å². The molecule has 4 heteroatoms. The lowest BCUT2D eigenvalue weighted by molar-refractivity contribution is -0.130. The molecular formula is C15H18N2O2. The van der Waals surface area contributed by atoms with E-state index >= 15 is 0 Å². The van der Waals surface area contributed by atoms with E-state index in [2.05, 4.69) is 4.99 Å². The normalized spacial score (nSPS) is 16.8. The van der Waals surface area contributed by atoms with Gasteiger partial charge in [0, 0.05) is 25.7 Å². The van der Waals surface area contributed by atoms with Crippen LogP contribution in [0.25, 0.3) is 6.08 Å². The van der Waals surface area contributed by atoms with E-state index in [4.69, 9.17) is 4.74 Å². The molecule has 1 aromatic carbocycles. The molecule has 1 aliphatic heterocycles. The second-order valence-electron chi connectivity index (χ2n) is 5.01. The van der Waals surface area contributed by atoms with Crippen LogP contribution in [0.5, 0.6) is 0 Å². The van der Waals surface area contributed by atoms with Gasteiger partial charge in [0.25, 0.3) is 0 Å². The van der Waals surface area contributed by atoms with Crippen molar-refractivity contribution in [1.82, 2.24) is 0 Å². The van der Waals surface area contributed by atoms with E-state index in [-0.39, 0.29) is 11.9 Å². The third-order valence-corrected chi connectivity index (χ3v) is 2.84. The highest BCUT2D eigenvalue weighted by molar-refractivity contribution is 6.07. The van der Waals surface area contributed by atoms with Gasteiger partial charge in [-0.1, -0.05) is 26.0 Å². The number of ether oxygens (including phenoxy) is 1. The van der Waals surface area contributed by atoms with E-state index < -0.39 is 0 Å². The molecule has 0 radical (unpaired) electrons. The SMILES string of the molecule is CC(C)C1=N/C(=C/c2ccc(N(C)C)cc2)C(=O)O1. The van der Waals surface area contributed by atoms with Crippen molar-refractivity contribution in [3.05, 3.63) is 35.5 Å². The summed E-state index contributed by atoms with van der Waals surface area (Å²) in [6.07, 6.45) is 1.75. The minimum Gasteiger partial charge on any atom is -0.407 e. The monoisotopic (exact) mass is 258 g/mol. The highest BCUT2D eigenvalue weighted by Crippen LogP contribution is 2.20. The number of benzene rings is 1. The average molecular weight is 258 g/mol. The molecule has 100 valence electrons. The number of nitrogens with zero attached hydrogens (tertiary/aromatic N) is 2. The van der Waals surface area contributed by atoms with Crippen LogP contribution in [-0.2, 0) is 9.53 Å². The van der Waals surface area contributed by atoms with Crippen LogP contribution in [0.15, 0.2) is 35.0 Å². The lowest BCUT2D eigenvalue weighted by atomic mass is 10.1. The van der Waals surface area contributed by atoms with Crippen molar-refractivity contribution in [1.29, 1.82) is 0 Å². The number of esters is 1.